The van der Waals surface area contributed by atoms with Crippen LogP contribution >= 0.6 is 11.3 Å². The summed E-state index contributed by atoms with van der Waals surface area (Å²) in [6.45, 7) is 1.94. The van der Waals surface area contributed by atoms with E-state index in [4.69, 9.17) is 0 Å². The molecule has 0 aliphatic heterocycles. The van der Waals surface area contributed by atoms with E-state index in [0.717, 1.165) is 22.7 Å². The minimum Gasteiger partial charge on any atom is -0.302 e. The number of aromatic nitrogens is 5. The second-order valence-electron chi connectivity index (χ2n) is 6.78. The third-order valence-electron chi connectivity index (χ3n) is 4.80. The van der Waals surface area contributed by atoms with Gasteiger partial charge >= 0.3 is 0 Å². The van der Waals surface area contributed by atoms with E-state index in [1.165, 1.54) is 11.3 Å². The number of nitrogens with zero attached hydrogens (tertiary/aromatic N) is 4. The van der Waals surface area contributed by atoms with Crippen molar-refractivity contribution in [2.75, 3.05) is 5.32 Å². The van der Waals surface area contributed by atoms with E-state index in [9.17, 15) is 9.59 Å². The number of imidazole rings is 1. The number of carbonyl (C=O) groups is 1. The number of carbonyl (C=O) groups excluding carboxylic acids is 1. The highest BCUT2D eigenvalue weighted by Gasteiger charge is 2.16. The fourth-order valence-electron chi connectivity index (χ4n) is 3.48. The molecule has 5 aromatic rings. The van der Waals surface area contributed by atoms with Gasteiger partial charge in [0.1, 0.15) is 11.3 Å². The van der Waals surface area contributed by atoms with Crippen LogP contribution in [-0.4, -0.2) is 30.5 Å². The molecule has 0 unspecified atom stereocenters. The number of thiazole rings is 1. The minimum atomic E-state index is -0.275. The number of hydrogen-bond acceptors (Lipinski definition) is 6. The summed E-state index contributed by atoms with van der Waals surface area (Å²) < 4.78 is 1.98. The Kier molecular flexibility index (Phi) is 4.36. The molecule has 0 saturated carbocycles. The first-order valence-corrected chi connectivity index (χ1v) is 10.1. The highest BCUT2D eigenvalue weighted by Crippen LogP contribution is 2.28. The Labute approximate surface area is 174 Å². The standard InChI is InChI=1S/C21H16N6O2S/c1-12-19(27-9-5-4-8-17(27)22-12)16-11-30-21(23-16)24-18(28)10-15-13-6-2-3-7-14(13)20(29)26-25-15/h2-9,11H,10H2,1H3,(H,26,29)(H,23,24,28). The maximum Gasteiger partial charge on any atom is 0.272 e. The predicted molar refractivity (Wildman–Crippen MR) is 116 cm³/mol. The number of anilines is 1. The van der Waals surface area contributed by atoms with Crippen molar-refractivity contribution in [2.45, 2.75) is 13.3 Å². The fraction of sp³-hybridized carbons (Fsp3) is 0.0952. The molecule has 0 fully saturated rings. The van der Waals surface area contributed by atoms with Crippen LogP contribution in [0.15, 0.2) is 58.8 Å². The van der Waals surface area contributed by atoms with E-state index in [1.54, 1.807) is 18.2 Å². The van der Waals surface area contributed by atoms with Crippen LogP contribution in [0.5, 0.6) is 0 Å². The number of benzene rings is 1. The molecule has 30 heavy (non-hydrogen) atoms. The largest absolute Gasteiger partial charge is 0.302 e. The van der Waals surface area contributed by atoms with E-state index in [0.29, 0.717) is 21.6 Å². The van der Waals surface area contributed by atoms with Gasteiger partial charge in [0, 0.05) is 17.0 Å². The number of nitrogens with one attached hydrogen (secondary N) is 2. The molecule has 8 nitrogen and oxygen atoms in total. The van der Waals surface area contributed by atoms with Crippen LogP contribution in [0.4, 0.5) is 5.13 Å². The third-order valence-corrected chi connectivity index (χ3v) is 5.56. The van der Waals surface area contributed by atoms with Crippen LogP contribution in [0.1, 0.15) is 11.4 Å². The predicted octanol–water partition coefficient (Wildman–Crippen LogP) is 3.18. The summed E-state index contributed by atoms with van der Waals surface area (Å²) in [5.41, 5.74) is 3.60. The van der Waals surface area contributed by atoms with Gasteiger partial charge in [-0.25, -0.2) is 15.1 Å². The first kappa shape index (κ1) is 18.2. The van der Waals surface area contributed by atoms with Gasteiger partial charge < -0.3 is 5.32 Å². The van der Waals surface area contributed by atoms with E-state index in [2.05, 4.69) is 25.5 Å². The molecule has 0 saturated heterocycles. The molecular weight excluding hydrogens is 400 g/mol. The Morgan fingerprint density at radius 1 is 1.13 bits per heavy atom. The molecule has 0 radical (unpaired) electrons. The molecule has 0 aliphatic carbocycles. The smallest absolute Gasteiger partial charge is 0.272 e. The lowest BCUT2D eigenvalue weighted by Crippen LogP contribution is -2.18. The summed E-state index contributed by atoms with van der Waals surface area (Å²) in [7, 11) is 0. The number of amides is 1. The van der Waals surface area contributed by atoms with Crippen molar-refractivity contribution < 1.29 is 4.79 Å². The molecule has 0 bridgehead atoms. The SMILES string of the molecule is Cc1nc2ccccn2c1-c1csc(NC(=O)Cc2n[nH]c(=O)c3ccccc23)n1. The lowest BCUT2D eigenvalue weighted by atomic mass is 10.1. The molecule has 0 atom stereocenters. The highest BCUT2D eigenvalue weighted by atomic mass is 32.1. The monoisotopic (exact) mass is 416 g/mol. The van der Waals surface area contributed by atoms with Crippen molar-refractivity contribution >= 4 is 38.8 Å². The topological polar surface area (TPSA) is 105 Å². The van der Waals surface area contributed by atoms with Crippen molar-refractivity contribution in [3.05, 3.63) is 75.8 Å². The summed E-state index contributed by atoms with van der Waals surface area (Å²) in [4.78, 5) is 33.6. The van der Waals surface area contributed by atoms with Gasteiger partial charge in [-0.05, 0) is 25.1 Å². The van der Waals surface area contributed by atoms with Crippen molar-refractivity contribution in [3.8, 4) is 11.4 Å². The van der Waals surface area contributed by atoms with Crippen molar-refractivity contribution in [1.29, 1.82) is 0 Å². The number of hydrogen-bond donors (Lipinski definition) is 2. The van der Waals surface area contributed by atoms with Crippen LogP contribution in [0, 0.1) is 6.92 Å². The maximum absolute atomic E-state index is 12.6. The molecule has 4 heterocycles. The van der Waals surface area contributed by atoms with E-state index >= 15 is 0 Å². The second-order valence-corrected chi connectivity index (χ2v) is 7.64. The molecule has 1 aromatic carbocycles. The lowest BCUT2D eigenvalue weighted by molar-refractivity contribution is -0.115. The zero-order chi connectivity index (χ0) is 20.7. The zero-order valence-corrected chi connectivity index (χ0v) is 16.7. The van der Waals surface area contributed by atoms with Gasteiger partial charge in [0.25, 0.3) is 5.56 Å². The first-order chi connectivity index (χ1) is 14.6. The Balaban J connectivity index is 1.40. The van der Waals surface area contributed by atoms with E-state index in [-0.39, 0.29) is 17.9 Å². The second kappa shape index (κ2) is 7.20. The first-order valence-electron chi connectivity index (χ1n) is 9.26. The van der Waals surface area contributed by atoms with Gasteiger partial charge in [-0.1, -0.05) is 24.3 Å². The van der Waals surface area contributed by atoms with Crippen LogP contribution in [0.25, 0.3) is 27.8 Å². The zero-order valence-electron chi connectivity index (χ0n) is 15.9. The summed E-state index contributed by atoms with van der Waals surface area (Å²) in [5.74, 6) is -0.254. The van der Waals surface area contributed by atoms with Crippen molar-refractivity contribution in [2.24, 2.45) is 0 Å². The average molecular weight is 416 g/mol. The summed E-state index contributed by atoms with van der Waals surface area (Å²) in [6, 6.07) is 12.9. The van der Waals surface area contributed by atoms with Crippen molar-refractivity contribution in [1.82, 2.24) is 24.6 Å². The highest BCUT2D eigenvalue weighted by molar-refractivity contribution is 7.14. The van der Waals surface area contributed by atoms with E-state index in [1.807, 2.05) is 47.2 Å². The maximum atomic E-state index is 12.6. The number of fused-ring (bicyclic) bond motifs is 2. The molecule has 1 amide bonds. The van der Waals surface area contributed by atoms with Gasteiger partial charge in [0.05, 0.1) is 28.9 Å². The molecule has 0 spiro atoms. The molecule has 5 rings (SSSR count). The summed E-state index contributed by atoms with van der Waals surface area (Å²) >= 11 is 1.35. The van der Waals surface area contributed by atoms with Gasteiger partial charge in [0.2, 0.25) is 5.91 Å². The summed E-state index contributed by atoms with van der Waals surface area (Å²) in [6.07, 6.45) is 1.97. The Morgan fingerprint density at radius 3 is 2.80 bits per heavy atom. The molecule has 9 heteroatoms. The van der Waals surface area contributed by atoms with Gasteiger partial charge in [0.15, 0.2) is 5.13 Å². The fourth-order valence-corrected chi connectivity index (χ4v) is 4.20. The molecular formula is C21H16N6O2S. The van der Waals surface area contributed by atoms with Gasteiger partial charge in [-0.3, -0.25) is 14.0 Å². The van der Waals surface area contributed by atoms with Crippen LogP contribution in [-0.2, 0) is 11.2 Å². The Hall–Kier alpha value is -3.85. The number of rotatable bonds is 4. The number of H-pyrrole nitrogens is 1. The number of pyridine rings is 1. The molecule has 2 N–H and O–H groups in total. The van der Waals surface area contributed by atoms with Crippen molar-refractivity contribution in [3.63, 3.8) is 0 Å². The number of aryl methyl sites for hydroxylation is 1. The third kappa shape index (κ3) is 3.15. The number of aromatic amines is 1. The summed E-state index contributed by atoms with van der Waals surface area (Å²) in [5, 5.41) is 12.9. The van der Waals surface area contributed by atoms with Gasteiger partial charge in [-0.2, -0.15) is 5.10 Å². The quantitative estimate of drug-likeness (QED) is 0.468. The molecule has 148 valence electrons. The van der Waals surface area contributed by atoms with Gasteiger partial charge in [-0.15, -0.1) is 11.3 Å². The van der Waals surface area contributed by atoms with Crippen LogP contribution in [0.3, 0.4) is 0 Å². The molecule has 0 aliphatic rings. The average Bonchev–Trinajstić information content (AvgIpc) is 3.33. The molecule has 4 aromatic heterocycles. The van der Waals surface area contributed by atoms with Crippen LogP contribution in [0.2, 0.25) is 0 Å². The Morgan fingerprint density at radius 2 is 1.93 bits per heavy atom. The minimum absolute atomic E-state index is 0.0286. The van der Waals surface area contributed by atoms with E-state index < -0.39 is 0 Å². The lowest BCUT2D eigenvalue weighted by Gasteiger charge is -2.05. The van der Waals surface area contributed by atoms with Crippen LogP contribution < -0.4 is 10.9 Å². The normalized spacial score (nSPS) is 11.2. The Bertz CT molecular complexity index is 1470.